The highest BCUT2D eigenvalue weighted by atomic mass is 16.4. The fraction of sp³-hybridized carbons (Fsp3) is 0.818. The van der Waals surface area contributed by atoms with Crippen LogP contribution in [0.5, 0.6) is 0 Å². The van der Waals surface area contributed by atoms with Gasteiger partial charge in [-0.2, -0.15) is 0 Å². The summed E-state index contributed by atoms with van der Waals surface area (Å²) >= 11 is 0. The zero-order chi connectivity index (χ0) is 21.9. The number of carboxylic acid groups (broad SMARTS) is 2. The van der Waals surface area contributed by atoms with Crippen LogP contribution in [0.4, 0.5) is 0 Å². The van der Waals surface area contributed by atoms with Crippen molar-refractivity contribution in [1.29, 1.82) is 0 Å². The van der Waals surface area contributed by atoms with Gasteiger partial charge in [0, 0.05) is 48.7 Å². The van der Waals surface area contributed by atoms with Gasteiger partial charge in [0.1, 0.15) is 0 Å². The molecule has 0 unspecified atom stereocenters. The molecule has 2 fully saturated rings. The average Bonchev–Trinajstić information content (AvgIpc) is 2.75. The number of aliphatic carboxylic acids is 2. The monoisotopic (exact) mass is 422 g/mol. The van der Waals surface area contributed by atoms with Crippen molar-refractivity contribution in [2.24, 2.45) is 23.7 Å². The third-order valence-electron chi connectivity index (χ3n) is 6.51. The Bertz CT molecular complexity index is 556. The molecule has 2 N–H and O–H groups in total. The van der Waals surface area contributed by atoms with E-state index in [-0.39, 0.29) is 11.8 Å². The van der Waals surface area contributed by atoms with Gasteiger partial charge in [-0.05, 0) is 38.5 Å². The molecular weight excluding hydrogens is 388 g/mol. The van der Waals surface area contributed by atoms with Gasteiger partial charge in [-0.25, -0.2) is 0 Å². The van der Waals surface area contributed by atoms with Gasteiger partial charge in [0.05, 0.1) is 0 Å². The lowest BCUT2D eigenvalue weighted by Crippen LogP contribution is -2.44. The predicted octanol–water partition coefficient (Wildman–Crippen LogP) is -0.108. The van der Waals surface area contributed by atoms with Gasteiger partial charge in [-0.3, -0.25) is 9.59 Å². The number of rotatable bonds is 11. The number of carbonyl (C=O) groups is 4. The van der Waals surface area contributed by atoms with E-state index in [4.69, 9.17) is 0 Å². The number of amides is 2. The predicted molar refractivity (Wildman–Crippen MR) is 105 cm³/mol. The van der Waals surface area contributed by atoms with Crippen LogP contribution in [0, 0.1) is 23.7 Å². The summed E-state index contributed by atoms with van der Waals surface area (Å²) in [7, 11) is 0. The third kappa shape index (κ3) is 7.29. The molecule has 0 saturated heterocycles. The Hall–Kier alpha value is -2.12. The quantitative estimate of drug-likeness (QED) is 0.446. The van der Waals surface area contributed by atoms with E-state index in [1.54, 1.807) is 0 Å². The van der Waals surface area contributed by atoms with E-state index < -0.39 is 35.6 Å². The molecule has 8 heteroatoms. The Morgan fingerprint density at radius 2 is 0.900 bits per heavy atom. The highest BCUT2D eigenvalue weighted by Crippen LogP contribution is 2.30. The third-order valence-corrected chi connectivity index (χ3v) is 6.51. The molecule has 0 heterocycles. The molecule has 2 aliphatic carbocycles. The largest absolute Gasteiger partial charge is 0.550 e. The number of hydrogen-bond acceptors (Lipinski definition) is 6. The normalized spacial score (nSPS) is 26.5. The highest BCUT2D eigenvalue weighted by Gasteiger charge is 2.32. The van der Waals surface area contributed by atoms with E-state index >= 15 is 0 Å². The molecule has 170 valence electrons. The number of unbranched alkanes of at least 4 members (excludes halogenated alkanes) is 3. The Morgan fingerprint density at radius 1 is 0.567 bits per heavy atom. The molecule has 2 amide bonds. The van der Waals surface area contributed by atoms with Gasteiger partial charge in [0.2, 0.25) is 11.8 Å². The highest BCUT2D eigenvalue weighted by molar-refractivity contribution is 5.84. The SMILES string of the molecule is O=C([O-])[C@H]1CCCC[C@H]1C(=O)NCCCCCCNC(=O)[C@@H]1CCCC[C@H]1C(=O)[O-]. The maximum absolute atomic E-state index is 12.3. The van der Waals surface area contributed by atoms with Crippen molar-refractivity contribution < 1.29 is 29.4 Å². The Labute approximate surface area is 178 Å². The molecule has 0 aromatic carbocycles. The molecule has 0 aromatic heterocycles. The first-order valence-corrected chi connectivity index (χ1v) is 11.4. The van der Waals surface area contributed by atoms with Gasteiger partial charge >= 0.3 is 0 Å². The Balaban J connectivity index is 1.54. The second kappa shape index (κ2) is 12.5. The van der Waals surface area contributed by atoms with Crippen molar-refractivity contribution in [1.82, 2.24) is 10.6 Å². The van der Waals surface area contributed by atoms with Crippen LogP contribution >= 0.6 is 0 Å². The van der Waals surface area contributed by atoms with E-state index in [2.05, 4.69) is 10.6 Å². The summed E-state index contributed by atoms with van der Waals surface area (Å²) in [5, 5.41) is 28.1. The second-order valence-electron chi connectivity index (χ2n) is 8.63. The van der Waals surface area contributed by atoms with Crippen LogP contribution in [0.1, 0.15) is 77.0 Å². The van der Waals surface area contributed by atoms with Crippen molar-refractivity contribution in [2.45, 2.75) is 77.0 Å². The van der Waals surface area contributed by atoms with Crippen molar-refractivity contribution in [3.63, 3.8) is 0 Å². The minimum atomic E-state index is -1.13. The Morgan fingerprint density at radius 3 is 1.23 bits per heavy atom. The summed E-state index contributed by atoms with van der Waals surface area (Å²) in [4.78, 5) is 46.9. The minimum Gasteiger partial charge on any atom is -0.550 e. The van der Waals surface area contributed by atoms with E-state index in [9.17, 15) is 29.4 Å². The fourth-order valence-corrected chi connectivity index (χ4v) is 4.74. The summed E-state index contributed by atoms with van der Waals surface area (Å²) in [6.07, 6.45) is 8.97. The topological polar surface area (TPSA) is 138 Å². The molecule has 2 rings (SSSR count). The van der Waals surface area contributed by atoms with Crippen LogP contribution in [-0.4, -0.2) is 36.8 Å². The molecule has 30 heavy (non-hydrogen) atoms. The lowest BCUT2D eigenvalue weighted by Gasteiger charge is -2.31. The molecule has 2 aliphatic rings. The lowest BCUT2D eigenvalue weighted by atomic mass is 9.78. The molecule has 0 bridgehead atoms. The molecule has 2 saturated carbocycles. The first-order chi connectivity index (χ1) is 14.4. The van der Waals surface area contributed by atoms with E-state index in [1.165, 1.54) is 0 Å². The summed E-state index contributed by atoms with van der Waals surface area (Å²) < 4.78 is 0. The second-order valence-corrected chi connectivity index (χ2v) is 8.63. The average molecular weight is 423 g/mol. The van der Waals surface area contributed by atoms with E-state index in [0.717, 1.165) is 51.4 Å². The van der Waals surface area contributed by atoms with Crippen molar-refractivity contribution in [2.75, 3.05) is 13.1 Å². The van der Waals surface area contributed by atoms with Gasteiger partial charge in [0.25, 0.3) is 0 Å². The standard InChI is InChI=1S/C22H36N2O6/c25-19(15-9-3-5-11-17(15)21(27)28)23-13-7-1-2-8-14-24-20(26)16-10-4-6-12-18(16)22(29)30/h15-18H,1-14H2,(H,23,25)(H,24,26)(H,27,28)(H,29,30)/p-2/t15-,16-,17-,18+/m1/s1. The zero-order valence-electron chi connectivity index (χ0n) is 17.7. The van der Waals surface area contributed by atoms with Crippen LogP contribution in [0.25, 0.3) is 0 Å². The van der Waals surface area contributed by atoms with Crippen LogP contribution in [-0.2, 0) is 19.2 Å². The van der Waals surface area contributed by atoms with Crippen LogP contribution in [0.15, 0.2) is 0 Å². The number of hydrogen-bond donors (Lipinski definition) is 2. The van der Waals surface area contributed by atoms with Gasteiger partial charge in [-0.1, -0.05) is 38.5 Å². The Kier molecular flexibility index (Phi) is 10.1. The minimum absolute atomic E-state index is 0.189. The molecule has 8 nitrogen and oxygen atoms in total. The number of carbonyl (C=O) groups excluding carboxylic acids is 4. The summed E-state index contributed by atoms with van der Waals surface area (Å²) in [5.74, 6) is -4.96. The number of carboxylic acids is 2. The molecule has 0 aromatic rings. The van der Waals surface area contributed by atoms with E-state index in [0.29, 0.717) is 38.8 Å². The van der Waals surface area contributed by atoms with Gasteiger partial charge in [0.15, 0.2) is 0 Å². The fourth-order valence-electron chi connectivity index (χ4n) is 4.74. The maximum atomic E-state index is 12.3. The molecule has 0 spiro atoms. The smallest absolute Gasteiger partial charge is 0.223 e. The van der Waals surface area contributed by atoms with Crippen molar-refractivity contribution >= 4 is 23.8 Å². The van der Waals surface area contributed by atoms with Crippen LogP contribution < -0.4 is 20.8 Å². The van der Waals surface area contributed by atoms with Crippen molar-refractivity contribution in [3.8, 4) is 0 Å². The van der Waals surface area contributed by atoms with Crippen LogP contribution in [0.2, 0.25) is 0 Å². The van der Waals surface area contributed by atoms with Crippen LogP contribution in [0.3, 0.4) is 0 Å². The first-order valence-electron chi connectivity index (χ1n) is 11.4. The molecule has 0 radical (unpaired) electrons. The van der Waals surface area contributed by atoms with Gasteiger partial charge < -0.3 is 30.4 Å². The lowest BCUT2D eigenvalue weighted by molar-refractivity contribution is -0.315. The molecule has 0 aliphatic heterocycles. The first kappa shape index (κ1) is 24.2. The maximum Gasteiger partial charge on any atom is 0.223 e. The zero-order valence-corrected chi connectivity index (χ0v) is 17.7. The molecular formula is C22H34N2O6-2. The van der Waals surface area contributed by atoms with E-state index in [1.807, 2.05) is 0 Å². The summed E-state index contributed by atoms with van der Waals surface area (Å²) in [6.45, 7) is 1.02. The summed E-state index contributed by atoms with van der Waals surface area (Å²) in [5.41, 5.74) is 0. The van der Waals surface area contributed by atoms with Gasteiger partial charge in [-0.15, -0.1) is 0 Å². The van der Waals surface area contributed by atoms with Crippen molar-refractivity contribution in [3.05, 3.63) is 0 Å². The number of nitrogens with one attached hydrogen (secondary N) is 2. The summed E-state index contributed by atoms with van der Waals surface area (Å²) in [6, 6.07) is 0. The molecule has 4 atom stereocenters.